The summed E-state index contributed by atoms with van der Waals surface area (Å²) in [7, 11) is 0. The molecule has 1 atom stereocenters. The second kappa shape index (κ2) is 3.90. The van der Waals surface area contributed by atoms with Gasteiger partial charge in [-0.25, -0.2) is 4.79 Å². The molecule has 0 aromatic heterocycles. The lowest BCUT2D eigenvalue weighted by Gasteiger charge is -2.15. The van der Waals surface area contributed by atoms with Crippen molar-refractivity contribution in [2.45, 2.75) is 45.3 Å². The van der Waals surface area contributed by atoms with Gasteiger partial charge in [0.15, 0.2) is 6.10 Å². The molecule has 1 N–H and O–H groups in total. The fourth-order valence-electron chi connectivity index (χ4n) is 1.20. The summed E-state index contributed by atoms with van der Waals surface area (Å²) in [6.07, 6.45) is 2.45. The third-order valence-electron chi connectivity index (χ3n) is 1.96. The van der Waals surface area contributed by atoms with E-state index >= 15 is 0 Å². The summed E-state index contributed by atoms with van der Waals surface area (Å²) in [5.74, 6) is -0.222. The largest absolute Gasteiger partial charge is 0.479 e. The van der Waals surface area contributed by atoms with Gasteiger partial charge in [0.25, 0.3) is 0 Å². The number of hydrogen-bond donors (Lipinski definition) is 1. The Balaban J connectivity index is 2.31. The zero-order chi connectivity index (χ0) is 9.14. The van der Waals surface area contributed by atoms with Crippen LogP contribution in [0.4, 0.5) is 0 Å². The molecule has 0 aromatic carbocycles. The third kappa shape index (κ3) is 3.22. The number of rotatable bonds is 5. The Hall–Kier alpha value is -0.570. The second-order valence-corrected chi connectivity index (χ2v) is 3.69. The molecule has 70 valence electrons. The summed E-state index contributed by atoms with van der Waals surface area (Å²) in [5.41, 5.74) is 0. The minimum Gasteiger partial charge on any atom is -0.479 e. The number of aliphatic carboxylic acids is 1. The van der Waals surface area contributed by atoms with Gasteiger partial charge in [-0.2, -0.15) is 0 Å². The molecular weight excluding hydrogens is 156 g/mol. The summed E-state index contributed by atoms with van der Waals surface area (Å²) in [4.78, 5) is 10.7. The Kier molecular flexibility index (Phi) is 3.09. The molecule has 12 heavy (non-hydrogen) atoms. The Labute approximate surface area is 72.7 Å². The fraction of sp³-hybridized carbons (Fsp3) is 0.889. The van der Waals surface area contributed by atoms with E-state index in [1.54, 1.807) is 0 Å². The monoisotopic (exact) mass is 172 g/mol. The second-order valence-electron chi connectivity index (χ2n) is 3.69. The summed E-state index contributed by atoms with van der Waals surface area (Å²) in [6.45, 7) is 3.73. The normalized spacial score (nSPS) is 19.6. The van der Waals surface area contributed by atoms with E-state index in [-0.39, 0.29) is 6.10 Å². The van der Waals surface area contributed by atoms with Crippen molar-refractivity contribution < 1.29 is 14.6 Å². The van der Waals surface area contributed by atoms with E-state index in [1.807, 2.05) is 13.8 Å². The predicted octanol–water partition coefficient (Wildman–Crippen LogP) is 1.66. The van der Waals surface area contributed by atoms with Crippen LogP contribution >= 0.6 is 0 Å². The van der Waals surface area contributed by atoms with Crippen molar-refractivity contribution in [1.29, 1.82) is 0 Å². The fourth-order valence-corrected chi connectivity index (χ4v) is 1.20. The van der Waals surface area contributed by atoms with Crippen molar-refractivity contribution in [2.24, 2.45) is 5.92 Å². The van der Waals surface area contributed by atoms with Gasteiger partial charge in [-0.05, 0) is 26.2 Å². The first-order chi connectivity index (χ1) is 5.59. The molecule has 0 heterocycles. The third-order valence-corrected chi connectivity index (χ3v) is 1.96. The molecular formula is C9H16O3. The molecule has 0 radical (unpaired) electrons. The van der Waals surface area contributed by atoms with Crippen LogP contribution in [0.3, 0.4) is 0 Å². The van der Waals surface area contributed by atoms with Gasteiger partial charge in [-0.1, -0.05) is 12.8 Å². The first kappa shape index (κ1) is 9.52. The molecule has 0 amide bonds. The van der Waals surface area contributed by atoms with Crippen LogP contribution in [-0.4, -0.2) is 23.3 Å². The average Bonchev–Trinajstić information content (AvgIpc) is 2.68. The molecule has 1 rings (SSSR count). The maximum atomic E-state index is 10.7. The first-order valence-corrected chi connectivity index (χ1v) is 4.48. The minimum absolute atomic E-state index is 0.00449. The molecule has 1 fully saturated rings. The van der Waals surface area contributed by atoms with Gasteiger partial charge in [-0.3, -0.25) is 0 Å². The Morgan fingerprint density at radius 1 is 1.58 bits per heavy atom. The van der Waals surface area contributed by atoms with E-state index < -0.39 is 12.1 Å². The Morgan fingerprint density at radius 2 is 2.17 bits per heavy atom. The van der Waals surface area contributed by atoms with Gasteiger partial charge in [0.1, 0.15) is 0 Å². The molecule has 0 spiro atoms. The lowest BCUT2D eigenvalue weighted by atomic mass is 10.2. The van der Waals surface area contributed by atoms with Crippen LogP contribution in [-0.2, 0) is 9.53 Å². The highest BCUT2D eigenvalue weighted by atomic mass is 16.5. The molecule has 0 aromatic rings. The van der Waals surface area contributed by atoms with Gasteiger partial charge in [-0.15, -0.1) is 0 Å². The van der Waals surface area contributed by atoms with Crippen LogP contribution in [0, 0.1) is 5.92 Å². The molecule has 1 unspecified atom stereocenters. The Morgan fingerprint density at radius 3 is 2.50 bits per heavy atom. The molecule has 0 saturated heterocycles. The highest BCUT2D eigenvalue weighted by molar-refractivity contribution is 5.72. The Bertz CT molecular complexity index is 157. The SMILES string of the molecule is CC(C)OC(CC1CC1)C(=O)O. The number of carboxylic acid groups (broad SMARTS) is 1. The lowest BCUT2D eigenvalue weighted by molar-refractivity contribution is -0.154. The summed E-state index contributed by atoms with van der Waals surface area (Å²) in [6, 6.07) is 0. The van der Waals surface area contributed by atoms with E-state index in [0.29, 0.717) is 12.3 Å². The van der Waals surface area contributed by atoms with Crippen LogP contribution in [0.2, 0.25) is 0 Å². The summed E-state index contributed by atoms with van der Waals surface area (Å²) < 4.78 is 5.26. The van der Waals surface area contributed by atoms with E-state index in [1.165, 1.54) is 12.8 Å². The van der Waals surface area contributed by atoms with Crippen molar-refractivity contribution in [2.75, 3.05) is 0 Å². The lowest BCUT2D eigenvalue weighted by Crippen LogP contribution is -2.27. The molecule has 0 bridgehead atoms. The van der Waals surface area contributed by atoms with Gasteiger partial charge >= 0.3 is 5.97 Å². The van der Waals surface area contributed by atoms with E-state index in [2.05, 4.69) is 0 Å². The quantitative estimate of drug-likeness (QED) is 0.686. The zero-order valence-corrected chi connectivity index (χ0v) is 7.62. The summed E-state index contributed by atoms with van der Waals surface area (Å²) in [5, 5.41) is 8.77. The highest BCUT2D eigenvalue weighted by Gasteiger charge is 2.30. The van der Waals surface area contributed by atoms with Crippen molar-refractivity contribution in [3.63, 3.8) is 0 Å². The van der Waals surface area contributed by atoms with Crippen molar-refractivity contribution in [3.05, 3.63) is 0 Å². The van der Waals surface area contributed by atoms with Crippen LogP contribution in [0.1, 0.15) is 33.1 Å². The van der Waals surface area contributed by atoms with Crippen LogP contribution in [0.15, 0.2) is 0 Å². The van der Waals surface area contributed by atoms with E-state index in [9.17, 15) is 4.79 Å². The number of carboxylic acids is 1. The average molecular weight is 172 g/mol. The summed E-state index contributed by atoms with van der Waals surface area (Å²) >= 11 is 0. The van der Waals surface area contributed by atoms with Crippen LogP contribution in [0.5, 0.6) is 0 Å². The van der Waals surface area contributed by atoms with Gasteiger partial charge < -0.3 is 9.84 Å². The standard InChI is InChI=1S/C9H16O3/c1-6(2)12-8(9(10)11)5-7-3-4-7/h6-8H,3-5H2,1-2H3,(H,10,11). The molecule has 1 aliphatic carbocycles. The molecule has 3 nitrogen and oxygen atoms in total. The van der Waals surface area contributed by atoms with Gasteiger partial charge in [0.05, 0.1) is 6.10 Å². The number of carbonyl (C=O) groups is 1. The molecule has 1 aliphatic rings. The maximum Gasteiger partial charge on any atom is 0.332 e. The van der Waals surface area contributed by atoms with Crippen molar-refractivity contribution >= 4 is 5.97 Å². The zero-order valence-electron chi connectivity index (χ0n) is 7.62. The van der Waals surface area contributed by atoms with Crippen molar-refractivity contribution in [3.8, 4) is 0 Å². The van der Waals surface area contributed by atoms with Gasteiger partial charge in [0, 0.05) is 0 Å². The topological polar surface area (TPSA) is 46.5 Å². The van der Waals surface area contributed by atoms with Crippen LogP contribution in [0.25, 0.3) is 0 Å². The van der Waals surface area contributed by atoms with E-state index in [4.69, 9.17) is 9.84 Å². The molecule has 1 saturated carbocycles. The number of ether oxygens (including phenoxy) is 1. The number of hydrogen-bond acceptors (Lipinski definition) is 2. The molecule has 3 heteroatoms. The first-order valence-electron chi connectivity index (χ1n) is 4.48. The maximum absolute atomic E-state index is 10.7. The molecule has 0 aliphatic heterocycles. The van der Waals surface area contributed by atoms with Gasteiger partial charge in [0.2, 0.25) is 0 Å². The van der Waals surface area contributed by atoms with E-state index in [0.717, 1.165) is 0 Å². The highest BCUT2D eigenvalue weighted by Crippen LogP contribution is 2.34. The minimum atomic E-state index is -0.824. The van der Waals surface area contributed by atoms with Crippen LogP contribution < -0.4 is 0 Å². The van der Waals surface area contributed by atoms with Crippen molar-refractivity contribution in [1.82, 2.24) is 0 Å². The predicted molar refractivity (Wildman–Crippen MR) is 45.0 cm³/mol. The smallest absolute Gasteiger partial charge is 0.332 e.